The van der Waals surface area contributed by atoms with E-state index in [1.54, 1.807) is 19.1 Å². The lowest BCUT2D eigenvalue weighted by atomic mass is 10.2. The van der Waals surface area contributed by atoms with Crippen LogP contribution >= 0.6 is 0 Å². The first-order valence-corrected chi connectivity index (χ1v) is 4.39. The standard InChI is InChI=1S/C9H9N3O3/c1-6(13)11-5-10-9-7(11)3-2-4-8(9)12(14)15/h2-6,13H,1H3. The molecular weight excluding hydrogens is 198 g/mol. The zero-order chi connectivity index (χ0) is 11.0. The molecule has 0 saturated carbocycles. The van der Waals surface area contributed by atoms with Gasteiger partial charge in [0.05, 0.1) is 16.8 Å². The number of rotatable bonds is 2. The summed E-state index contributed by atoms with van der Waals surface area (Å²) in [7, 11) is 0. The number of aliphatic hydroxyl groups is 1. The van der Waals surface area contributed by atoms with Crippen molar-refractivity contribution in [1.82, 2.24) is 9.55 Å². The molecule has 1 unspecified atom stereocenters. The monoisotopic (exact) mass is 207 g/mol. The van der Waals surface area contributed by atoms with Gasteiger partial charge in [-0.25, -0.2) is 4.98 Å². The Balaban J connectivity index is 2.74. The molecule has 1 atom stereocenters. The Bertz CT molecular complexity index is 518. The van der Waals surface area contributed by atoms with Crippen LogP contribution in [0.1, 0.15) is 13.2 Å². The van der Waals surface area contributed by atoms with Gasteiger partial charge in [0, 0.05) is 6.07 Å². The van der Waals surface area contributed by atoms with E-state index < -0.39 is 11.2 Å². The quantitative estimate of drug-likeness (QED) is 0.597. The van der Waals surface area contributed by atoms with E-state index in [-0.39, 0.29) is 5.69 Å². The lowest BCUT2D eigenvalue weighted by Gasteiger charge is -2.05. The van der Waals surface area contributed by atoms with Crippen LogP contribution < -0.4 is 0 Å². The molecule has 2 rings (SSSR count). The molecule has 0 saturated heterocycles. The highest BCUT2D eigenvalue weighted by molar-refractivity contribution is 5.84. The minimum atomic E-state index is -0.753. The fraction of sp³-hybridized carbons (Fsp3) is 0.222. The van der Waals surface area contributed by atoms with Crippen LogP contribution in [0.25, 0.3) is 11.0 Å². The van der Waals surface area contributed by atoms with E-state index in [2.05, 4.69) is 4.98 Å². The number of nitro benzene ring substituents is 1. The van der Waals surface area contributed by atoms with E-state index in [0.717, 1.165) is 0 Å². The lowest BCUT2D eigenvalue weighted by Crippen LogP contribution is -2.01. The molecule has 6 heteroatoms. The van der Waals surface area contributed by atoms with Gasteiger partial charge in [-0.15, -0.1) is 0 Å². The van der Waals surface area contributed by atoms with Crippen molar-refractivity contribution in [2.75, 3.05) is 0 Å². The normalized spacial score (nSPS) is 12.9. The van der Waals surface area contributed by atoms with Crippen molar-refractivity contribution in [3.05, 3.63) is 34.6 Å². The van der Waals surface area contributed by atoms with E-state index in [0.29, 0.717) is 11.0 Å². The van der Waals surface area contributed by atoms with Crippen LogP contribution in [0.5, 0.6) is 0 Å². The molecule has 0 aliphatic carbocycles. The number of nitro groups is 1. The molecule has 78 valence electrons. The van der Waals surface area contributed by atoms with Crippen LogP contribution in [0, 0.1) is 10.1 Å². The number of fused-ring (bicyclic) bond motifs is 1. The van der Waals surface area contributed by atoms with E-state index >= 15 is 0 Å². The highest BCUT2D eigenvalue weighted by Crippen LogP contribution is 2.25. The smallest absolute Gasteiger partial charge is 0.297 e. The van der Waals surface area contributed by atoms with Crippen molar-refractivity contribution < 1.29 is 10.0 Å². The number of imidazole rings is 1. The summed E-state index contributed by atoms with van der Waals surface area (Å²) in [6.07, 6.45) is 0.638. The van der Waals surface area contributed by atoms with Gasteiger partial charge >= 0.3 is 0 Å². The fourth-order valence-corrected chi connectivity index (χ4v) is 1.49. The number of non-ortho nitro benzene ring substituents is 1. The molecule has 0 fully saturated rings. The molecule has 0 bridgehead atoms. The first kappa shape index (κ1) is 9.60. The molecule has 0 aliphatic heterocycles. The number of aromatic nitrogens is 2. The minimum absolute atomic E-state index is 0.0492. The van der Waals surface area contributed by atoms with Crippen molar-refractivity contribution in [1.29, 1.82) is 0 Å². The van der Waals surface area contributed by atoms with Crippen LogP contribution in [-0.2, 0) is 0 Å². The van der Waals surface area contributed by atoms with Crippen molar-refractivity contribution >= 4 is 16.7 Å². The fourth-order valence-electron chi connectivity index (χ4n) is 1.49. The van der Waals surface area contributed by atoms with Gasteiger partial charge in [0.2, 0.25) is 0 Å². The third kappa shape index (κ3) is 1.44. The maximum atomic E-state index is 10.7. The summed E-state index contributed by atoms with van der Waals surface area (Å²) in [6, 6.07) is 4.64. The third-order valence-electron chi connectivity index (χ3n) is 2.18. The van der Waals surface area contributed by atoms with Gasteiger partial charge in [-0.05, 0) is 13.0 Å². The second-order valence-corrected chi connectivity index (χ2v) is 3.19. The summed E-state index contributed by atoms with van der Waals surface area (Å²) in [4.78, 5) is 14.1. The van der Waals surface area contributed by atoms with E-state index in [9.17, 15) is 15.2 Å². The molecule has 0 radical (unpaired) electrons. The Morgan fingerprint density at radius 3 is 2.93 bits per heavy atom. The maximum absolute atomic E-state index is 10.7. The van der Waals surface area contributed by atoms with E-state index in [1.807, 2.05) is 0 Å². The molecule has 1 heterocycles. The molecule has 6 nitrogen and oxygen atoms in total. The van der Waals surface area contributed by atoms with Crippen LogP contribution in [0.3, 0.4) is 0 Å². The molecule has 1 aromatic carbocycles. The Morgan fingerprint density at radius 2 is 2.33 bits per heavy atom. The predicted octanol–water partition coefficient (Wildman–Crippen LogP) is 1.46. The Morgan fingerprint density at radius 1 is 1.60 bits per heavy atom. The predicted molar refractivity (Wildman–Crippen MR) is 53.3 cm³/mol. The molecule has 0 amide bonds. The first-order valence-electron chi connectivity index (χ1n) is 4.39. The molecule has 0 spiro atoms. The largest absolute Gasteiger partial charge is 0.374 e. The summed E-state index contributed by atoms with van der Waals surface area (Å²) in [5.74, 6) is 0. The van der Waals surface area contributed by atoms with Crippen molar-refractivity contribution in [2.45, 2.75) is 13.2 Å². The SMILES string of the molecule is CC(O)n1cnc2c([N+](=O)[O-])cccc21. The summed E-state index contributed by atoms with van der Waals surface area (Å²) < 4.78 is 1.47. The van der Waals surface area contributed by atoms with Crippen LogP contribution in [0.4, 0.5) is 5.69 Å². The summed E-state index contributed by atoms with van der Waals surface area (Å²) in [5, 5.41) is 20.1. The Kier molecular flexibility index (Phi) is 2.12. The van der Waals surface area contributed by atoms with Crippen LogP contribution in [0.15, 0.2) is 24.5 Å². The minimum Gasteiger partial charge on any atom is -0.374 e. The molecule has 1 aromatic heterocycles. The Labute approximate surface area is 84.9 Å². The number of aliphatic hydroxyl groups excluding tert-OH is 1. The molecule has 2 aromatic rings. The van der Waals surface area contributed by atoms with Gasteiger partial charge in [0.1, 0.15) is 6.23 Å². The van der Waals surface area contributed by atoms with Gasteiger partial charge in [0.25, 0.3) is 5.69 Å². The van der Waals surface area contributed by atoms with Gasteiger partial charge in [0.15, 0.2) is 5.52 Å². The van der Waals surface area contributed by atoms with Crippen molar-refractivity contribution in [3.63, 3.8) is 0 Å². The molecule has 1 N–H and O–H groups in total. The van der Waals surface area contributed by atoms with Gasteiger partial charge in [-0.3, -0.25) is 10.1 Å². The van der Waals surface area contributed by atoms with Gasteiger partial charge < -0.3 is 9.67 Å². The second kappa shape index (κ2) is 3.32. The summed E-state index contributed by atoms with van der Waals surface area (Å²) >= 11 is 0. The highest BCUT2D eigenvalue weighted by atomic mass is 16.6. The topological polar surface area (TPSA) is 81.2 Å². The first-order chi connectivity index (χ1) is 7.11. The number of nitrogens with zero attached hydrogens (tertiary/aromatic N) is 3. The summed E-state index contributed by atoms with van der Waals surface area (Å²) in [5.41, 5.74) is 0.800. The van der Waals surface area contributed by atoms with Crippen molar-refractivity contribution in [3.8, 4) is 0 Å². The highest BCUT2D eigenvalue weighted by Gasteiger charge is 2.16. The zero-order valence-corrected chi connectivity index (χ0v) is 7.99. The van der Waals surface area contributed by atoms with Gasteiger partial charge in [-0.1, -0.05) is 6.07 Å². The summed E-state index contributed by atoms with van der Waals surface area (Å²) in [6.45, 7) is 1.57. The molecule has 15 heavy (non-hydrogen) atoms. The van der Waals surface area contributed by atoms with Crippen LogP contribution in [0.2, 0.25) is 0 Å². The lowest BCUT2D eigenvalue weighted by molar-refractivity contribution is -0.383. The third-order valence-corrected chi connectivity index (χ3v) is 2.18. The molecule has 0 aliphatic rings. The van der Waals surface area contributed by atoms with Crippen LogP contribution in [-0.4, -0.2) is 19.6 Å². The van der Waals surface area contributed by atoms with Gasteiger partial charge in [-0.2, -0.15) is 0 Å². The van der Waals surface area contributed by atoms with E-state index in [4.69, 9.17) is 0 Å². The average molecular weight is 207 g/mol. The molecular formula is C9H9N3O3. The maximum Gasteiger partial charge on any atom is 0.297 e. The average Bonchev–Trinajstić information content (AvgIpc) is 2.59. The zero-order valence-electron chi connectivity index (χ0n) is 7.99. The van der Waals surface area contributed by atoms with E-state index in [1.165, 1.54) is 17.0 Å². The Hall–Kier alpha value is -1.95. The number of hydrogen-bond donors (Lipinski definition) is 1. The number of hydrogen-bond acceptors (Lipinski definition) is 4. The van der Waals surface area contributed by atoms with Crippen molar-refractivity contribution in [2.24, 2.45) is 0 Å². The number of para-hydroxylation sites is 1. The number of benzene rings is 1. The second-order valence-electron chi connectivity index (χ2n) is 3.19.